The molecule has 0 spiro atoms. The molecule has 0 saturated heterocycles. The van der Waals surface area contributed by atoms with Crippen LogP contribution >= 0.6 is 11.6 Å². The first kappa shape index (κ1) is 9.68. The third kappa shape index (κ3) is 1.56. The highest BCUT2D eigenvalue weighted by molar-refractivity contribution is 6.30. The van der Waals surface area contributed by atoms with Crippen LogP contribution in [-0.4, -0.2) is 0 Å². The number of halogens is 1. The standard InChI is InChI=1S/C15H10Cl/c16-13-8-5-12(6-9-13)15-10-7-11-3-1-2-4-14(11)15/h1-10H. The fourth-order valence-corrected chi connectivity index (χ4v) is 2.16. The van der Waals surface area contributed by atoms with Gasteiger partial charge in [0.25, 0.3) is 0 Å². The summed E-state index contributed by atoms with van der Waals surface area (Å²) in [5.41, 5.74) is 5.06. The van der Waals surface area contributed by atoms with Crippen LogP contribution in [0.15, 0.2) is 54.6 Å². The molecule has 0 atom stereocenters. The Kier molecular flexibility index (Phi) is 2.30. The summed E-state index contributed by atoms with van der Waals surface area (Å²) in [6.07, 6.45) is 4.31. The zero-order valence-corrected chi connectivity index (χ0v) is 9.41. The molecule has 77 valence electrons. The fraction of sp³-hybridized carbons (Fsp3) is 0. The molecule has 2 aromatic carbocycles. The summed E-state index contributed by atoms with van der Waals surface area (Å²) < 4.78 is 0. The molecule has 0 unspecified atom stereocenters. The van der Waals surface area contributed by atoms with E-state index in [1.165, 1.54) is 22.3 Å². The van der Waals surface area contributed by atoms with Crippen LogP contribution in [0.4, 0.5) is 0 Å². The number of benzene rings is 2. The molecule has 0 N–H and O–H groups in total. The van der Waals surface area contributed by atoms with E-state index in [9.17, 15) is 0 Å². The first-order valence-corrected chi connectivity index (χ1v) is 5.63. The van der Waals surface area contributed by atoms with Crippen LogP contribution in [0.5, 0.6) is 0 Å². The third-order valence-electron chi connectivity index (χ3n) is 2.84. The van der Waals surface area contributed by atoms with E-state index in [0.29, 0.717) is 0 Å². The quantitative estimate of drug-likeness (QED) is 0.678. The molecule has 1 heteroatoms. The maximum atomic E-state index is 5.89. The van der Waals surface area contributed by atoms with Crippen LogP contribution < -0.4 is 0 Å². The molecule has 0 bridgehead atoms. The van der Waals surface area contributed by atoms with Gasteiger partial charge in [-0.2, -0.15) is 0 Å². The SMILES string of the molecule is Clc1ccc(C2=C[CH]c3ccccc32)cc1. The van der Waals surface area contributed by atoms with Crippen molar-refractivity contribution in [2.75, 3.05) is 0 Å². The summed E-state index contributed by atoms with van der Waals surface area (Å²) in [5.74, 6) is 0. The minimum atomic E-state index is 0.777. The molecule has 0 amide bonds. The van der Waals surface area contributed by atoms with E-state index in [4.69, 9.17) is 11.6 Å². The molecule has 0 nitrogen and oxygen atoms in total. The topological polar surface area (TPSA) is 0 Å². The summed E-state index contributed by atoms with van der Waals surface area (Å²) >= 11 is 5.89. The Bertz CT molecular complexity index is 550. The Morgan fingerprint density at radius 2 is 1.56 bits per heavy atom. The van der Waals surface area contributed by atoms with E-state index in [2.05, 4.69) is 48.9 Å². The predicted octanol–water partition coefficient (Wildman–Crippen LogP) is 4.34. The lowest BCUT2D eigenvalue weighted by Crippen LogP contribution is -1.85. The van der Waals surface area contributed by atoms with Gasteiger partial charge in [0.15, 0.2) is 0 Å². The van der Waals surface area contributed by atoms with Crippen molar-refractivity contribution < 1.29 is 0 Å². The van der Waals surface area contributed by atoms with Gasteiger partial charge in [0, 0.05) is 11.4 Å². The third-order valence-corrected chi connectivity index (χ3v) is 3.09. The molecule has 0 heterocycles. The van der Waals surface area contributed by atoms with Crippen LogP contribution in [0.3, 0.4) is 0 Å². The van der Waals surface area contributed by atoms with Crippen molar-refractivity contribution >= 4 is 17.2 Å². The van der Waals surface area contributed by atoms with Gasteiger partial charge in [-0.3, -0.25) is 0 Å². The normalized spacial score (nSPS) is 13.4. The van der Waals surface area contributed by atoms with E-state index in [1.807, 2.05) is 12.1 Å². The maximum absolute atomic E-state index is 5.89. The zero-order valence-electron chi connectivity index (χ0n) is 8.65. The summed E-state index contributed by atoms with van der Waals surface area (Å²) in [5, 5.41) is 0.777. The smallest absolute Gasteiger partial charge is 0.0406 e. The van der Waals surface area contributed by atoms with Gasteiger partial charge in [0.1, 0.15) is 0 Å². The molecule has 2 aromatic rings. The van der Waals surface area contributed by atoms with Gasteiger partial charge in [-0.25, -0.2) is 0 Å². The van der Waals surface area contributed by atoms with Gasteiger partial charge in [0.2, 0.25) is 0 Å². The van der Waals surface area contributed by atoms with Crippen LogP contribution in [-0.2, 0) is 0 Å². The Hall–Kier alpha value is -1.53. The molecule has 16 heavy (non-hydrogen) atoms. The van der Waals surface area contributed by atoms with Crippen molar-refractivity contribution in [2.45, 2.75) is 0 Å². The number of hydrogen-bond acceptors (Lipinski definition) is 0. The molecular formula is C15H10Cl. The molecule has 1 radical (unpaired) electrons. The summed E-state index contributed by atoms with van der Waals surface area (Å²) in [4.78, 5) is 0. The lowest BCUT2D eigenvalue weighted by molar-refractivity contribution is 1.52. The van der Waals surface area contributed by atoms with Gasteiger partial charge in [0.05, 0.1) is 0 Å². The first-order valence-electron chi connectivity index (χ1n) is 5.25. The minimum Gasteiger partial charge on any atom is -0.0843 e. The number of fused-ring (bicyclic) bond motifs is 1. The van der Waals surface area contributed by atoms with Crippen molar-refractivity contribution in [3.05, 3.63) is 82.7 Å². The predicted molar refractivity (Wildman–Crippen MR) is 68.4 cm³/mol. The molecule has 3 rings (SSSR count). The Morgan fingerprint density at radius 3 is 2.38 bits per heavy atom. The maximum Gasteiger partial charge on any atom is 0.0406 e. The van der Waals surface area contributed by atoms with Gasteiger partial charge in [-0.05, 0) is 34.4 Å². The molecular weight excluding hydrogens is 216 g/mol. The van der Waals surface area contributed by atoms with Crippen LogP contribution in [0.1, 0.15) is 16.7 Å². The van der Waals surface area contributed by atoms with E-state index < -0.39 is 0 Å². The lowest BCUT2D eigenvalue weighted by Gasteiger charge is -2.05. The van der Waals surface area contributed by atoms with Crippen molar-refractivity contribution in [3.8, 4) is 0 Å². The zero-order chi connectivity index (χ0) is 11.0. The van der Waals surface area contributed by atoms with Crippen molar-refractivity contribution in [3.63, 3.8) is 0 Å². The van der Waals surface area contributed by atoms with Crippen LogP contribution in [0, 0.1) is 6.42 Å². The van der Waals surface area contributed by atoms with E-state index in [-0.39, 0.29) is 0 Å². The highest BCUT2D eigenvalue weighted by Gasteiger charge is 2.14. The fourth-order valence-electron chi connectivity index (χ4n) is 2.03. The largest absolute Gasteiger partial charge is 0.0843 e. The van der Waals surface area contributed by atoms with Crippen LogP contribution in [0.25, 0.3) is 5.57 Å². The number of allylic oxidation sites excluding steroid dienone is 1. The number of rotatable bonds is 1. The highest BCUT2D eigenvalue weighted by Crippen LogP contribution is 2.33. The Labute approximate surface area is 100 Å². The monoisotopic (exact) mass is 225 g/mol. The minimum absolute atomic E-state index is 0.777. The van der Waals surface area contributed by atoms with Crippen molar-refractivity contribution in [2.24, 2.45) is 0 Å². The van der Waals surface area contributed by atoms with Crippen LogP contribution in [0.2, 0.25) is 5.02 Å². The Morgan fingerprint density at radius 1 is 0.812 bits per heavy atom. The summed E-state index contributed by atoms with van der Waals surface area (Å²) in [6.45, 7) is 0. The second-order valence-electron chi connectivity index (χ2n) is 3.84. The molecule has 0 aliphatic heterocycles. The lowest BCUT2D eigenvalue weighted by atomic mass is 9.99. The molecule has 0 fully saturated rings. The molecule has 0 aromatic heterocycles. The second kappa shape index (κ2) is 3.80. The van der Waals surface area contributed by atoms with E-state index in [1.54, 1.807) is 0 Å². The average molecular weight is 226 g/mol. The highest BCUT2D eigenvalue weighted by atomic mass is 35.5. The Balaban J connectivity index is 2.07. The second-order valence-corrected chi connectivity index (χ2v) is 4.28. The van der Waals surface area contributed by atoms with Gasteiger partial charge in [-0.1, -0.05) is 54.1 Å². The average Bonchev–Trinajstić information content (AvgIpc) is 2.74. The van der Waals surface area contributed by atoms with Gasteiger partial charge >= 0.3 is 0 Å². The van der Waals surface area contributed by atoms with Gasteiger partial charge in [-0.15, -0.1) is 0 Å². The molecule has 1 aliphatic rings. The van der Waals surface area contributed by atoms with Crippen molar-refractivity contribution in [1.29, 1.82) is 0 Å². The van der Waals surface area contributed by atoms with E-state index >= 15 is 0 Å². The summed E-state index contributed by atoms with van der Waals surface area (Å²) in [6, 6.07) is 16.4. The molecule has 0 saturated carbocycles. The van der Waals surface area contributed by atoms with Crippen molar-refractivity contribution in [1.82, 2.24) is 0 Å². The number of hydrogen-bond donors (Lipinski definition) is 0. The molecule has 1 aliphatic carbocycles. The first-order chi connectivity index (χ1) is 7.84. The van der Waals surface area contributed by atoms with Gasteiger partial charge < -0.3 is 0 Å². The van der Waals surface area contributed by atoms with E-state index in [0.717, 1.165) is 5.02 Å². The summed E-state index contributed by atoms with van der Waals surface area (Å²) in [7, 11) is 0.